The van der Waals surface area contributed by atoms with Crippen molar-refractivity contribution in [1.82, 2.24) is 9.78 Å². The molecule has 2 aromatic carbocycles. The number of aromatic nitrogens is 2. The molecule has 0 spiro atoms. The molecule has 0 aliphatic carbocycles. The zero-order valence-electron chi connectivity index (χ0n) is 10.9. The smallest absolute Gasteiger partial charge is 0.184 e. The van der Waals surface area contributed by atoms with Crippen LogP contribution in [0.5, 0.6) is 0 Å². The van der Waals surface area contributed by atoms with Gasteiger partial charge in [-0.25, -0.2) is 9.07 Å². The topological polar surface area (TPSA) is 17.8 Å². The van der Waals surface area contributed by atoms with E-state index in [0.717, 1.165) is 25.3 Å². The van der Waals surface area contributed by atoms with Gasteiger partial charge in [-0.05, 0) is 42.0 Å². The first-order valence-corrected chi connectivity index (χ1v) is 8.46. The van der Waals surface area contributed by atoms with Crippen LogP contribution in [0.15, 0.2) is 58.9 Å². The highest BCUT2D eigenvalue weighted by atomic mass is 32.2. The molecule has 0 radical (unpaired) electrons. The lowest BCUT2D eigenvalue weighted by Crippen LogP contribution is -1.95. The Labute approximate surface area is 135 Å². The molecule has 0 fully saturated rings. The van der Waals surface area contributed by atoms with Crippen LogP contribution < -0.4 is 0 Å². The zero-order chi connectivity index (χ0) is 14.7. The van der Waals surface area contributed by atoms with Crippen LogP contribution in [0.4, 0.5) is 4.39 Å². The van der Waals surface area contributed by atoms with E-state index in [0.29, 0.717) is 0 Å². The molecule has 1 heterocycles. The Morgan fingerprint density at radius 1 is 1.10 bits per heavy atom. The molecule has 0 unspecified atom stereocenters. The Balaban J connectivity index is 1.76. The van der Waals surface area contributed by atoms with Gasteiger partial charge in [0.1, 0.15) is 5.82 Å². The minimum atomic E-state index is -0.215. The van der Waals surface area contributed by atoms with Crippen LogP contribution >= 0.6 is 35.3 Å². The summed E-state index contributed by atoms with van der Waals surface area (Å²) >= 11 is 8.45. The molecule has 21 heavy (non-hydrogen) atoms. The van der Waals surface area contributed by atoms with Gasteiger partial charge in [0, 0.05) is 5.75 Å². The van der Waals surface area contributed by atoms with E-state index in [9.17, 15) is 4.39 Å². The Hall–Kier alpha value is -1.50. The van der Waals surface area contributed by atoms with Gasteiger partial charge in [-0.2, -0.15) is 0 Å². The van der Waals surface area contributed by atoms with Gasteiger partial charge in [-0.15, -0.1) is 5.10 Å². The first-order valence-electron chi connectivity index (χ1n) is 6.25. The molecule has 0 amide bonds. The third-order valence-electron chi connectivity index (χ3n) is 2.81. The van der Waals surface area contributed by atoms with Crippen LogP contribution in [0.2, 0.25) is 0 Å². The molecule has 0 atom stereocenters. The number of thioether (sulfide) groups is 1. The number of rotatable bonds is 4. The highest BCUT2D eigenvalue weighted by Crippen LogP contribution is 2.27. The van der Waals surface area contributed by atoms with Crippen LogP contribution in [-0.2, 0) is 5.75 Å². The normalized spacial score (nSPS) is 10.7. The fourth-order valence-electron chi connectivity index (χ4n) is 1.78. The van der Waals surface area contributed by atoms with Gasteiger partial charge in [0.25, 0.3) is 0 Å². The van der Waals surface area contributed by atoms with Crippen molar-refractivity contribution in [2.45, 2.75) is 10.1 Å². The highest BCUT2D eigenvalue weighted by Gasteiger charge is 2.06. The Bertz CT molecular complexity index is 779. The summed E-state index contributed by atoms with van der Waals surface area (Å²) in [5.41, 5.74) is 2.03. The molecule has 0 aliphatic heterocycles. The predicted molar refractivity (Wildman–Crippen MR) is 88.2 cm³/mol. The first kappa shape index (κ1) is 14.4. The summed E-state index contributed by atoms with van der Waals surface area (Å²) in [6, 6.07) is 16.4. The maximum Gasteiger partial charge on any atom is 0.184 e. The third kappa shape index (κ3) is 3.58. The second kappa shape index (κ2) is 6.51. The number of halogens is 1. The zero-order valence-corrected chi connectivity index (χ0v) is 13.3. The number of nitrogens with zero attached hydrogens (tertiary/aromatic N) is 2. The van der Waals surface area contributed by atoms with Crippen LogP contribution in [0.3, 0.4) is 0 Å². The van der Waals surface area contributed by atoms with Crippen LogP contribution in [-0.4, -0.2) is 9.78 Å². The fourth-order valence-corrected chi connectivity index (χ4v) is 4.09. The highest BCUT2D eigenvalue weighted by molar-refractivity contribution is 8.00. The van der Waals surface area contributed by atoms with E-state index in [2.05, 4.69) is 5.10 Å². The fraction of sp³-hybridized carbons (Fsp3) is 0.0667. The largest absolute Gasteiger partial charge is 0.211 e. The average Bonchev–Trinajstić information content (AvgIpc) is 2.89. The molecule has 106 valence electrons. The van der Waals surface area contributed by atoms with Gasteiger partial charge in [0.15, 0.2) is 8.29 Å². The molecule has 2 nitrogen and oxygen atoms in total. The molecule has 0 aliphatic rings. The summed E-state index contributed by atoms with van der Waals surface area (Å²) in [6.45, 7) is 0. The Morgan fingerprint density at radius 3 is 2.52 bits per heavy atom. The molecule has 0 N–H and O–H groups in total. The standard InChI is InChI=1S/C15H11FN2S3/c16-12-8-6-11(7-9-12)10-20-14-17-18(15(19)21-14)13-4-2-1-3-5-13/h1-9H,10H2. The predicted octanol–water partition coefficient (Wildman–Crippen LogP) is 5.09. The van der Waals surface area contributed by atoms with E-state index in [1.807, 2.05) is 30.3 Å². The number of benzene rings is 2. The van der Waals surface area contributed by atoms with E-state index in [4.69, 9.17) is 12.2 Å². The second-order valence-corrected chi connectivity index (χ2v) is 7.14. The van der Waals surface area contributed by atoms with Crippen molar-refractivity contribution in [3.63, 3.8) is 0 Å². The number of para-hydroxylation sites is 1. The maximum absolute atomic E-state index is 12.9. The Kier molecular flexibility index (Phi) is 4.48. The molecular weight excluding hydrogens is 323 g/mol. The molecule has 0 saturated heterocycles. The van der Waals surface area contributed by atoms with Crippen LogP contribution in [0.25, 0.3) is 5.69 Å². The lowest BCUT2D eigenvalue weighted by molar-refractivity contribution is 0.627. The van der Waals surface area contributed by atoms with Crippen molar-refractivity contribution in [3.8, 4) is 5.69 Å². The van der Waals surface area contributed by atoms with Crippen molar-refractivity contribution in [1.29, 1.82) is 0 Å². The molecule has 3 rings (SSSR count). The summed E-state index contributed by atoms with van der Waals surface area (Å²) in [5, 5.41) is 4.53. The average molecular weight is 334 g/mol. The van der Waals surface area contributed by atoms with Gasteiger partial charge in [0.05, 0.1) is 5.69 Å². The minimum absolute atomic E-state index is 0.215. The lowest BCUT2D eigenvalue weighted by Gasteiger charge is -2.00. The van der Waals surface area contributed by atoms with Gasteiger partial charge < -0.3 is 0 Å². The first-order chi connectivity index (χ1) is 10.2. The lowest BCUT2D eigenvalue weighted by atomic mass is 10.2. The van der Waals surface area contributed by atoms with Crippen molar-refractivity contribution >= 4 is 35.3 Å². The van der Waals surface area contributed by atoms with Crippen molar-refractivity contribution < 1.29 is 4.39 Å². The third-order valence-corrected chi connectivity index (χ3v) is 5.24. The molecular formula is C15H11FN2S3. The van der Waals surface area contributed by atoms with Crippen molar-refractivity contribution in [2.24, 2.45) is 0 Å². The minimum Gasteiger partial charge on any atom is -0.211 e. The van der Waals surface area contributed by atoms with Gasteiger partial charge in [-0.3, -0.25) is 0 Å². The summed E-state index contributed by atoms with van der Waals surface area (Å²) in [6.07, 6.45) is 0. The SMILES string of the molecule is Fc1ccc(CSc2nn(-c3ccccc3)c(=S)s2)cc1. The molecule has 3 aromatic rings. The molecule has 0 bridgehead atoms. The van der Waals surface area contributed by atoms with E-state index in [-0.39, 0.29) is 5.82 Å². The summed E-state index contributed by atoms with van der Waals surface area (Å²) in [4.78, 5) is 0. The Morgan fingerprint density at radius 2 is 1.81 bits per heavy atom. The maximum atomic E-state index is 12.9. The van der Waals surface area contributed by atoms with Crippen molar-refractivity contribution in [2.75, 3.05) is 0 Å². The van der Waals surface area contributed by atoms with E-state index < -0.39 is 0 Å². The van der Waals surface area contributed by atoms with Gasteiger partial charge in [0.2, 0.25) is 0 Å². The van der Waals surface area contributed by atoms with Crippen LogP contribution in [0, 0.1) is 9.77 Å². The van der Waals surface area contributed by atoms with E-state index >= 15 is 0 Å². The summed E-state index contributed by atoms with van der Waals surface area (Å²) in [7, 11) is 0. The van der Waals surface area contributed by atoms with E-state index in [1.54, 1.807) is 28.6 Å². The molecule has 6 heteroatoms. The summed E-state index contributed by atoms with van der Waals surface area (Å²) < 4.78 is 16.3. The molecule has 1 aromatic heterocycles. The molecule has 0 saturated carbocycles. The van der Waals surface area contributed by atoms with E-state index in [1.165, 1.54) is 23.5 Å². The van der Waals surface area contributed by atoms with Gasteiger partial charge >= 0.3 is 0 Å². The summed E-state index contributed by atoms with van der Waals surface area (Å²) in [5.74, 6) is 0.532. The quantitative estimate of drug-likeness (QED) is 0.488. The monoisotopic (exact) mass is 334 g/mol. The van der Waals surface area contributed by atoms with Crippen molar-refractivity contribution in [3.05, 3.63) is 69.9 Å². The van der Waals surface area contributed by atoms with Gasteiger partial charge in [-0.1, -0.05) is 53.4 Å². The van der Waals surface area contributed by atoms with Crippen LogP contribution in [0.1, 0.15) is 5.56 Å². The second-order valence-electron chi connectivity index (χ2n) is 4.30. The number of hydrogen-bond donors (Lipinski definition) is 0. The number of hydrogen-bond acceptors (Lipinski definition) is 4.